The predicted molar refractivity (Wildman–Crippen MR) is 107 cm³/mol. The fourth-order valence-corrected chi connectivity index (χ4v) is 5.47. The second-order valence-corrected chi connectivity index (χ2v) is 8.88. The first-order chi connectivity index (χ1) is 14.0. The number of hydrogen-bond donors (Lipinski definition) is 2. The smallest absolute Gasteiger partial charge is 0.258 e. The summed E-state index contributed by atoms with van der Waals surface area (Å²) in [4.78, 5) is 29.9. The molecule has 6 rings (SSSR count). The molecule has 29 heavy (non-hydrogen) atoms. The van der Waals surface area contributed by atoms with Crippen LogP contribution in [0.2, 0.25) is 0 Å². The first-order valence-corrected chi connectivity index (χ1v) is 10.3. The van der Waals surface area contributed by atoms with E-state index in [4.69, 9.17) is 4.74 Å². The molecule has 2 N–H and O–H groups in total. The second-order valence-electron chi connectivity index (χ2n) is 8.88. The molecule has 1 spiro atoms. The van der Waals surface area contributed by atoms with Crippen molar-refractivity contribution in [2.24, 2.45) is 17.3 Å². The molecule has 0 saturated heterocycles. The Morgan fingerprint density at radius 3 is 2.97 bits per heavy atom. The lowest BCUT2D eigenvalue weighted by Crippen LogP contribution is -2.69. The van der Waals surface area contributed by atoms with Crippen molar-refractivity contribution in [1.82, 2.24) is 15.6 Å². The van der Waals surface area contributed by atoms with Crippen molar-refractivity contribution in [3.63, 3.8) is 0 Å². The molecule has 1 aromatic carbocycles. The highest BCUT2D eigenvalue weighted by Crippen LogP contribution is 2.58. The molecule has 4 aliphatic rings. The van der Waals surface area contributed by atoms with Crippen molar-refractivity contribution < 1.29 is 14.3 Å². The van der Waals surface area contributed by atoms with Crippen LogP contribution in [-0.2, 0) is 11.3 Å². The highest BCUT2D eigenvalue weighted by atomic mass is 16.5. The Morgan fingerprint density at radius 2 is 2.17 bits per heavy atom. The quantitative estimate of drug-likeness (QED) is 0.843. The van der Waals surface area contributed by atoms with Gasteiger partial charge in [-0.25, -0.2) is 0 Å². The number of carbonyl (C=O) groups excluding carboxylic acids is 2. The molecule has 4 atom stereocenters. The van der Waals surface area contributed by atoms with Gasteiger partial charge in [0.15, 0.2) is 5.72 Å². The molecule has 2 aromatic rings. The van der Waals surface area contributed by atoms with Crippen LogP contribution in [0.5, 0.6) is 5.75 Å². The van der Waals surface area contributed by atoms with Crippen LogP contribution in [0.25, 0.3) is 0 Å². The zero-order valence-electron chi connectivity index (χ0n) is 16.5. The number of aromatic nitrogens is 1. The van der Waals surface area contributed by atoms with Gasteiger partial charge in [0.25, 0.3) is 5.91 Å². The Hall–Kier alpha value is -2.89. The number of pyridine rings is 1. The molecule has 3 saturated carbocycles. The van der Waals surface area contributed by atoms with E-state index in [9.17, 15) is 9.59 Å². The van der Waals surface area contributed by atoms with Gasteiger partial charge in [0.05, 0.1) is 5.56 Å². The summed E-state index contributed by atoms with van der Waals surface area (Å²) in [5.74, 6) is 0.681. The summed E-state index contributed by atoms with van der Waals surface area (Å²) in [6.45, 7) is 2.64. The number of hydrogen-bond acceptors (Lipinski definition) is 4. The molecule has 2 heterocycles. The summed E-state index contributed by atoms with van der Waals surface area (Å²) in [6, 6.07) is 11.2. The molecular formula is C23H25N3O3. The Morgan fingerprint density at radius 1 is 1.31 bits per heavy atom. The molecule has 2 amide bonds. The monoisotopic (exact) mass is 391 g/mol. The van der Waals surface area contributed by atoms with Crippen molar-refractivity contribution in [2.45, 2.75) is 44.9 Å². The third-order valence-corrected chi connectivity index (χ3v) is 7.01. The normalized spacial score (nSPS) is 32.2. The molecule has 0 unspecified atom stereocenters. The average Bonchev–Trinajstić information content (AvgIpc) is 2.72. The highest BCUT2D eigenvalue weighted by Gasteiger charge is 2.61. The van der Waals surface area contributed by atoms with E-state index in [2.05, 4.69) is 22.5 Å². The van der Waals surface area contributed by atoms with Crippen molar-refractivity contribution in [3.8, 4) is 5.75 Å². The van der Waals surface area contributed by atoms with Crippen molar-refractivity contribution >= 4 is 11.8 Å². The fraction of sp³-hybridized carbons (Fsp3) is 0.435. The van der Waals surface area contributed by atoms with Crippen LogP contribution < -0.4 is 15.4 Å². The second kappa shape index (κ2) is 6.58. The van der Waals surface area contributed by atoms with Crippen LogP contribution in [0.1, 0.15) is 48.5 Å². The maximum atomic E-state index is 13.0. The van der Waals surface area contributed by atoms with Gasteiger partial charge in [-0.3, -0.25) is 14.6 Å². The Bertz CT molecular complexity index is 963. The van der Waals surface area contributed by atoms with Crippen LogP contribution in [0, 0.1) is 17.3 Å². The molecular weight excluding hydrogens is 366 g/mol. The Kier molecular flexibility index (Phi) is 4.12. The minimum atomic E-state index is -0.710. The molecule has 3 fully saturated rings. The molecule has 2 bridgehead atoms. The van der Waals surface area contributed by atoms with Gasteiger partial charge in [0.1, 0.15) is 5.75 Å². The first-order valence-electron chi connectivity index (χ1n) is 10.3. The number of carbonyl (C=O) groups is 2. The predicted octanol–water partition coefficient (Wildman–Crippen LogP) is 3.04. The lowest BCUT2D eigenvalue weighted by atomic mass is 9.52. The van der Waals surface area contributed by atoms with Gasteiger partial charge in [-0.1, -0.05) is 25.1 Å². The zero-order valence-corrected chi connectivity index (χ0v) is 16.5. The first kappa shape index (κ1) is 18.2. The maximum Gasteiger partial charge on any atom is 0.258 e. The summed E-state index contributed by atoms with van der Waals surface area (Å²) in [5, 5.41) is 6.25. The average molecular weight is 391 g/mol. The van der Waals surface area contributed by atoms with Gasteiger partial charge in [-0.2, -0.15) is 0 Å². The lowest BCUT2D eigenvalue weighted by molar-refractivity contribution is -0.167. The third kappa shape index (κ3) is 2.98. The number of rotatable bonds is 3. The number of ether oxygens (including phenoxy) is 1. The topological polar surface area (TPSA) is 80.3 Å². The number of amides is 2. The van der Waals surface area contributed by atoms with Gasteiger partial charge >= 0.3 is 0 Å². The van der Waals surface area contributed by atoms with E-state index in [1.165, 1.54) is 0 Å². The summed E-state index contributed by atoms with van der Waals surface area (Å²) in [7, 11) is 0. The minimum absolute atomic E-state index is 0.0819. The SMILES string of the molecule is C[C@@]12CC[C@H](C[C@@H]1C(=O)NCc1cccnc1)[C@@]1(C2)NC(=O)c2ccccc2O1. The van der Waals surface area contributed by atoms with E-state index in [1.54, 1.807) is 18.5 Å². The summed E-state index contributed by atoms with van der Waals surface area (Å²) in [5.41, 5.74) is 0.643. The largest absolute Gasteiger partial charge is 0.467 e. The van der Waals surface area contributed by atoms with E-state index in [1.807, 2.05) is 30.3 Å². The third-order valence-electron chi connectivity index (χ3n) is 7.01. The zero-order chi connectivity index (χ0) is 20.1. The van der Waals surface area contributed by atoms with Crippen molar-refractivity contribution in [1.29, 1.82) is 0 Å². The van der Waals surface area contributed by atoms with E-state index < -0.39 is 5.72 Å². The summed E-state index contributed by atoms with van der Waals surface area (Å²) in [6.07, 6.45) is 6.78. The van der Waals surface area contributed by atoms with Gasteiger partial charge in [-0.05, 0) is 48.4 Å². The summed E-state index contributed by atoms with van der Waals surface area (Å²) >= 11 is 0. The van der Waals surface area contributed by atoms with Gasteiger partial charge in [0, 0.05) is 37.2 Å². The van der Waals surface area contributed by atoms with Crippen LogP contribution >= 0.6 is 0 Å². The van der Waals surface area contributed by atoms with Crippen LogP contribution in [0.4, 0.5) is 0 Å². The van der Waals surface area contributed by atoms with Crippen LogP contribution in [0.3, 0.4) is 0 Å². The van der Waals surface area contributed by atoms with Crippen LogP contribution in [-0.4, -0.2) is 22.5 Å². The summed E-state index contributed by atoms with van der Waals surface area (Å²) < 4.78 is 6.42. The molecule has 1 aromatic heterocycles. The van der Waals surface area contributed by atoms with Crippen molar-refractivity contribution in [3.05, 3.63) is 59.9 Å². The van der Waals surface area contributed by atoms with Gasteiger partial charge < -0.3 is 15.4 Å². The molecule has 6 nitrogen and oxygen atoms in total. The Balaban J connectivity index is 1.35. The standard InChI is InChI=1S/C23H25N3O3/c1-22-9-8-16(11-18(22)21(28)25-13-15-5-4-10-24-12-15)23(14-22)26-20(27)17-6-2-3-7-19(17)29-23/h2-7,10,12,16,18H,8-9,11,13-14H2,1H3,(H,25,28)(H,26,27)/t16-,18-,22+,23+/m1/s1. The van der Waals surface area contributed by atoms with E-state index in [-0.39, 0.29) is 29.1 Å². The highest BCUT2D eigenvalue weighted by molar-refractivity contribution is 5.98. The molecule has 1 aliphatic heterocycles. The number of fused-ring (bicyclic) bond motifs is 3. The number of para-hydroxylation sites is 1. The van der Waals surface area contributed by atoms with Gasteiger partial charge in [0.2, 0.25) is 5.91 Å². The van der Waals surface area contributed by atoms with Gasteiger partial charge in [-0.15, -0.1) is 0 Å². The van der Waals surface area contributed by atoms with E-state index >= 15 is 0 Å². The lowest BCUT2D eigenvalue weighted by Gasteiger charge is -2.59. The molecule has 3 aliphatic carbocycles. The van der Waals surface area contributed by atoms with E-state index in [0.717, 1.165) is 24.8 Å². The number of nitrogens with zero attached hydrogens (tertiary/aromatic N) is 1. The maximum absolute atomic E-state index is 13.0. The number of nitrogens with one attached hydrogen (secondary N) is 2. The molecule has 0 radical (unpaired) electrons. The van der Waals surface area contributed by atoms with Crippen molar-refractivity contribution in [2.75, 3.05) is 0 Å². The molecule has 150 valence electrons. The minimum Gasteiger partial charge on any atom is -0.467 e. The van der Waals surface area contributed by atoms with Crippen LogP contribution in [0.15, 0.2) is 48.8 Å². The number of benzene rings is 1. The molecule has 6 heteroatoms. The van der Waals surface area contributed by atoms with E-state index in [0.29, 0.717) is 24.3 Å². The Labute approximate surface area is 170 Å². The fourth-order valence-electron chi connectivity index (χ4n) is 5.47.